The number of amides is 2. The topological polar surface area (TPSA) is 87.7 Å². The predicted molar refractivity (Wildman–Crippen MR) is 59.4 cm³/mol. The molecule has 0 aliphatic rings. The number of carbonyl (C=O) groups excluding carboxylic acids is 1. The molecule has 0 aromatic heterocycles. The monoisotopic (exact) mass is 232 g/mol. The second-order valence-electron chi connectivity index (χ2n) is 3.43. The van der Waals surface area contributed by atoms with Gasteiger partial charge in [0.05, 0.1) is 6.61 Å². The lowest BCUT2D eigenvalue weighted by Crippen LogP contribution is -2.45. The second kappa shape index (κ2) is 8.96. The standard InChI is InChI=1S/C10H20N2O4/c1-3-4-6-16-7-5-11-10(15)12-8(2)9(13)14/h8H,3-7H2,1-2H3,(H,13,14)(H2,11,12,15)/t8-/m0/s1. The van der Waals surface area contributed by atoms with Crippen molar-refractivity contribution in [3.05, 3.63) is 0 Å². The Hall–Kier alpha value is -1.30. The van der Waals surface area contributed by atoms with Crippen LogP contribution in [0.2, 0.25) is 0 Å². The smallest absolute Gasteiger partial charge is 0.325 e. The Balaban J connectivity index is 3.40. The number of hydrogen-bond donors (Lipinski definition) is 3. The Morgan fingerprint density at radius 1 is 1.38 bits per heavy atom. The van der Waals surface area contributed by atoms with Gasteiger partial charge in [0.2, 0.25) is 0 Å². The van der Waals surface area contributed by atoms with E-state index in [1.54, 1.807) is 0 Å². The summed E-state index contributed by atoms with van der Waals surface area (Å²) < 4.78 is 5.22. The van der Waals surface area contributed by atoms with Crippen LogP contribution in [0, 0.1) is 0 Å². The van der Waals surface area contributed by atoms with Gasteiger partial charge >= 0.3 is 12.0 Å². The Morgan fingerprint density at radius 3 is 2.62 bits per heavy atom. The van der Waals surface area contributed by atoms with Crippen LogP contribution in [-0.4, -0.2) is 42.9 Å². The van der Waals surface area contributed by atoms with Crippen LogP contribution in [0.5, 0.6) is 0 Å². The van der Waals surface area contributed by atoms with Crippen LogP contribution in [0.15, 0.2) is 0 Å². The zero-order chi connectivity index (χ0) is 12.4. The van der Waals surface area contributed by atoms with Gasteiger partial charge in [-0.1, -0.05) is 13.3 Å². The van der Waals surface area contributed by atoms with Crippen LogP contribution >= 0.6 is 0 Å². The predicted octanol–water partition coefficient (Wildman–Crippen LogP) is 0.575. The molecular weight excluding hydrogens is 212 g/mol. The average Bonchev–Trinajstić information content (AvgIpc) is 2.23. The van der Waals surface area contributed by atoms with Crippen molar-refractivity contribution in [3.8, 4) is 0 Å². The minimum absolute atomic E-state index is 0.377. The molecule has 0 aliphatic heterocycles. The van der Waals surface area contributed by atoms with Gasteiger partial charge in [-0.25, -0.2) is 4.79 Å². The van der Waals surface area contributed by atoms with Crippen molar-refractivity contribution in [1.29, 1.82) is 0 Å². The van der Waals surface area contributed by atoms with Crippen molar-refractivity contribution in [1.82, 2.24) is 10.6 Å². The summed E-state index contributed by atoms with van der Waals surface area (Å²) in [5, 5.41) is 13.3. The van der Waals surface area contributed by atoms with E-state index in [2.05, 4.69) is 17.6 Å². The molecule has 6 heteroatoms. The fourth-order valence-electron chi connectivity index (χ4n) is 0.895. The summed E-state index contributed by atoms with van der Waals surface area (Å²) in [4.78, 5) is 21.5. The van der Waals surface area contributed by atoms with E-state index in [1.807, 2.05) is 0 Å². The summed E-state index contributed by atoms with van der Waals surface area (Å²) in [6, 6.07) is -1.38. The van der Waals surface area contributed by atoms with Crippen LogP contribution in [0.3, 0.4) is 0 Å². The van der Waals surface area contributed by atoms with Crippen LogP contribution in [0.1, 0.15) is 26.7 Å². The molecule has 94 valence electrons. The Kier molecular flexibility index (Phi) is 8.24. The van der Waals surface area contributed by atoms with Crippen molar-refractivity contribution in [2.24, 2.45) is 0 Å². The van der Waals surface area contributed by atoms with E-state index in [0.717, 1.165) is 12.8 Å². The van der Waals surface area contributed by atoms with Gasteiger partial charge in [0.1, 0.15) is 6.04 Å². The van der Waals surface area contributed by atoms with Gasteiger partial charge in [-0.2, -0.15) is 0 Å². The first-order valence-electron chi connectivity index (χ1n) is 5.42. The maximum Gasteiger partial charge on any atom is 0.325 e. The van der Waals surface area contributed by atoms with Gasteiger partial charge in [-0.15, -0.1) is 0 Å². The highest BCUT2D eigenvalue weighted by atomic mass is 16.5. The van der Waals surface area contributed by atoms with Crippen LogP contribution < -0.4 is 10.6 Å². The van der Waals surface area contributed by atoms with E-state index in [1.165, 1.54) is 6.92 Å². The highest BCUT2D eigenvalue weighted by Crippen LogP contribution is 1.86. The molecular formula is C10H20N2O4. The van der Waals surface area contributed by atoms with E-state index in [0.29, 0.717) is 19.8 Å². The number of ether oxygens (including phenoxy) is 1. The first-order valence-corrected chi connectivity index (χ1v) is 5.42. The maximum atomic E-state index is 11.1. The van der Waals surface area contributed by atoms with Crippen LogP contribution in [0.25, 0.3) is 0 Å². The van der Waals surface area contributed by atoms with E-state index < -0.39 is 18.0 Å². The fraction of sp³-hybridized carbons (Fsp3) is 0.800. The van der Waals surface area contributed by atoms with Crippen molar-refractivity contribution < 1.29 is 19.4 Å². The molecule has 0 aromatic rings. The molecule has 0 rings (SSSR count). The number of rotatable bonds is 8. The van der Waals surface area contributed by atoms with Gasteiger partial charge in [0, 0.05) is 13.2 Å². The summed E-state index contributed by atoms with van der Waals surface area (Å²) in [5.41, 5.74) is 0. The van der Waals surface area contributed by atoms with Gasteiger partial charge in [0.25, 0.3) is 0 Å². The summed E-state index contributed by atoms with van der Waals surface area (Å²) in [6.07, 6.45) is 2.08. The summed E-state index contributed by atoms with van der Waals surface area (Å²) in [7, 11) is 0. The number of carbonyl (C=O) groups is 2. The van der Waals surface area contributed by atoms with Crippen molar-refractivity contribution >= 4 is 12.0 Å². The fourth-order valence-corrected chi connectivity index (χ4v) is 0.895. The Morgan fingerprint density at radius 2 is 2.06 bits per heavy atom. The third-order valence-corrected chi connectivity index (χ3v) is 1.89. The number of carboxylic acids is 1. The maximum absolute atomic E-state index is 11.1. The number of unbranched alkanes of at least 4 members (excludes halogenated alkanes) is 1. The molecule has 0 aliphatic carbocycles. The lowest BCUT2D eigenvalue weighted by molar-refractivity contribution is -0.138. The lowest BCUT2D eigenvalue weighted by atomic mass is 10.3. The number of urea groups is 1. The SMILES string of the molecule is CCCCOCCNC(=O)N[C@@H](C)C(=O)O. The molecule has 1 atom stereocenters. The quantitative estimate of drug-likeness (QED) is 0.534. The van der Waals surface area contributed by atoms with E-state index in [-0.39, 0.29) is 0 Å². The third kappa shape index (κ3) is 8.05. The van der Waals surface area contributed by atoms with E-state index >= 15 is 0 Å². The third-order valence-electron chi connectivity index (χ3n) is 1.89. The van der Waals surface area contributed by atoms with Crippen LogP contribution in [0.4, 0.5) is 4.79 Å². The molecule has 0 spiro atoms. The summed E-state index contributed by atoms with van der Waals surface area (Å²) in [6.45, 7) is 4.98. The molecule has 3 N–H and O–H groups in total. The molecule has 0 fully saturated rings. The Bertz CT molecular complexity index is 221. The van der Waals surface area contributed by atoms with E-state index in [9.17, 15) is 9.59 Å². The zero-order valence-electron chi connectivity index (χ0n) is 9.78. The molecule has 0 aromatic carbocycles. The largest absolute Gasteiger partial charge is 0.480 e. The highest BCUT2D eigenvalue weighted by Gasteiger charge is 2.12. The van der Waals surface area contributed by atoms with E-state index in [4.69, 9.17) is 9.84 Å². The van der Waals surface area contributed by atoms with Crippen molar-refractivity contribution in [3.63, 3.8) is 0 Å². The number of hydrogen-bond acceptors (Lipinski definition) is 3. The van der Waals surface area contributed by atoms with Crippen molar-refractivity contribution in [2.45, 2.75) is 32.7 Å². The highest BCUT2D eigenvalue weighted by molar-refractivity contribution is 5.82. The molecule has 0 radical (unpaired) electrons. The van der Waals surface area contributed by atoms with Gasteiger partial charge in [-0.05, 0) is 13.3 Å². The molecule has 0 saturated carbocycles. The molecule has 6 nitrogen and oxygen atoms in total. The second-order valence-corrected chi connectivity index (χ2v) is 3.43. The Labute approximate surface area is 95.4 Å². The number of nitrogens with one attached hydrogen (secondary N) is 2. The molecule has 0 unspecified atom stereocenters. The lowest BCUT2D eigenvalue weighted by Gasteiger charge is -2.10. The molecule has 16 heavy (non-hydrogen) atoms. The first-order chi connectivity index (χ1) is 7.57. The molecule has 0 saturated heterocycles. The first kappa shape index (κ1) is 14.7. The van der Waals surface area contributed by atoms with Gasteiger partial charge < -0.3 is 20.5 Å². The normalized spacial score (nSPS) is 11.9. The van der Waals surface area contributed by atoms with Crippen molar-refractivity contribution in [2.75, 3.05) is 19.8 Å². The summed E-state index contributed by atoms with van der Waals surface area (Å²) >= 11 is 0. The van der Waals surface area contributed by atoms with Gasteiger partial charge in [0.15, 0.2) is 0 Å². The molecule has 0 bridgehead atoms. The minimum atomic E-state index is -1.06. The number of carboxylic acid groups (broad SMARTS) is 1. The minimum Gasteiger partial charge on any atom is -0.480 e. The average molecular weight is 232 g/mol. The summed E-state index contributed by atoms with van der Waals surface area (Å²) in [5.74, 6) is -1.06. The molecule has 0 heterocycles. The zero-order valence-corrected chi connectivity index (χ0v) is 9.78. The van der Waals surface area contributed by atoms with Gasteiger partial charge in [-0.3, -0.25) is 4.79 Å². The number of aliphatic carboxylic acids is 1. The van der Waals surface area contributed by atoms with Crippen LogP contribution in [-0.2, 0) is 9.53 Å². The molecule has 2 amide bonds.